The fraction of sp³-hybridized carbons (Fsp3) is 0.957. The first-order valence-corrected chi connectivity index (χ1v) is 11.9. The molecule has 2 aliphatic carbocycles. The molecule has 0 spiro atoms. The van der Waals surface area contributed by atoms with E-state index in [1.54, 1.807) is 7.11 Å². The number of ether oxygens (including phenoxy) is 1. The Morgan fingerprint density at radius 1 is 1.03 bits per heavy atom. The van der Waals surface area contributed by atoms with E-state index >= 15 is 0 Å². The molecule has 3 atom stereocenters. The number of fused-ring (bicyclic) bond motifs is 2. The molecule has 0 aromatic carbocycles. The molecular weight excluding hydrogens is 374 g/mol. The molecular formula is C23H38F2N2O2. The standard InChI is InChI=1S/C23H38F2N2O2/c1-29-15-14-27-17-10-12-23(27,13-11-17)21(16-6-3-2-4-7-16)26-22(28)20-18(24)8-5-9-19(20)25/h16-21H,2-15H2,1H3,(H,26,28). The predicted molar refractivity (Wildman–Crippen MR) is 109 cm³/mol. The third-order valence-electron chi connectivity index (χ3n) is 8.41. The van der Waals surface area contributed by atoms with Crippen LogP contribution in [-0.2, 0) is 9.53 Å². The molecule has 6 heteroatoms. The highest BCUT2D eigenvalue weighted by Crippen LogP contribution is 2.51. The molecule has 2 saturated heterocycles. The number of alkyl halides is 2. The van der Waals surface area contributed by atoms with Crippen LogP contribution in [0, 0.1) is 11.8 Å². The molecule has 0 aromatic rings. The minimum Gasteiger partial charge on any atom is -0.383 e. The van der Waals surface area contributed by atoms with Crippen LogP contribution < -0.4 is 5.32 Å². The lowest BCUT2D eigenvalue weighted by Crippen LogP contribution is -2.63. The van der Waals surface area contributed by atoms with Crippen molar-refractivity contribution in [3.05, 3.63) is 0 Å². The third kappa shape index (κ3) is 4.08. The minimum absolute atomic E-state index is 0.000910. The molecule has 2 heterocycles. The van der Waals surface area contributed by atoms with E-state index in [4.69, 9.17) is 4.74 Å². The molecule has 0 aromatic heterocycles. The first-order chi connectivity index (χ1) is 14.1. The first-order valence-electron chi connectivity index (χ1n) is 11.9. The largest absolute Gasteiger partial charge is 0.383 e. The van der Waals surface area contributed by atoms with Gasteiger partial charge in [-0.1, -0.05) is 19.3 Å². The van der Waals surface area contributed by atoms with Gasteiger partial charge in [-0.15, -0.1) is 0 Å². The second kappa shape index (κ2) is 9.17. The summed E-state index contributed by atoms with van der Waals surface area (Å²) >= 11 is 0. The van der Waals surface area contributed by atoms with Crippen molar-refractivity contribution < 1.29 is 18.3 Å². The molecule has 166 valence electrons. The van der Waals surface area contributed by atoms with Crippen LogP contribution in [0.3, 0.4) is 0 Å². The van der Waals surface area contributed by atoms with E-state index in [-0.39, 0.29) is 17.5 Å². The van der Waals surface area contributed by atoms with Gasteiger partial charge in [0.1, 0.15) is 18.3 Å². The molecule has 4 aliphatic rings. The maximum Gasteiger partial charge on any atom is 0.229 e. The van der Waals surface area contributed by atoms with Gasteiger partial charge in [0.2, 0.25) is 5.91 Å². The van der Waals surface area contributed by atoms with Crippen molar-refractivity contribution in [2.24, 2.45) is 11.8 Å². The van der Waals surface area contributed by atoms with Gasteiger partial charge >= 0.3 is 0 Å². The summed E-state index contributed by atoms with van der Waals surface area (Å²) < 4.78 is 34.4. The van der Waals surface area contributed by atoms with E-state index < -0.39 is 18.3 Å². The second-order valence-electron chi connectivity index (χ2n) is 9.89. The van der Waals surface area contributed by atoms with E-state index in [9.17, 15) is 13.6 Å². The molecule has 4 rings (SSSR count). The Hall–Kier alpha value is -0.750. The highest BCUT2D eigenvalue weighted by atomic mass is 19.1. The van der Waals surface area contributed by atoms with Crippen molar-refractivity contribution in [3.8, 4) is 0 Å². The molecule has 2 aliphatic heterocycles. The summed E-state index contributed by atoms with van der Waals surface area (Å²) in [6.45, 7) is 1.56. The number of hydrogen-bond donors (Lipinski definition) is 1. The van der Waals surface area contributed by atoms with Crippen molar-refractivity contribution in [2.45, 2.75) is 107 Å². The number of hydrogen-bond acceptors (Lipinski definition) is 3. The van der Waals surface area contributed by atoms with Gasteiger partial charge in [0, 0.05) is 25.2 Å². The fourth-order valence-electron chi connectivity index (χ4n) is 6.98. The highest BCUT2D eigenvalue weighted by molar-refractivity contribution is 5.80. The Kier molecular flexibility index (Phi) is 6.79. The number of carbonyl (C=O) groups excluding carboxylic acids is 1. The summed E-state index contributed by atoms with van der Waals surface area (Å²) in [5, 5.41) is 3.28. The highest BCUT2D eigenvalue weighted by Gasteiger charge is 2.57. The zero-order valence-corrected chi connectivity index (χ0v) is 17.9. The number of halogens is 2. The van der Waals surface area contributed by atoms with Crippen LogP contribution in [0.1, 0.15) is 77.0 Å². The van der Waals surface area contributed by atoms with E-state index in [2.05, 4.69) is 10.2 Å². The summed E-state index contributed by atoms with van der Waals surface area (Å²) in [6.07, 6.45) is 8.75. The summed E-state index contributed by atoms with van der Waals surface area (Å²) in [7, 11) is 1.73. The normalized spacial score (nSPS) is 39.6. The van der Waals surface area contributed by atoms with E-state index in [1.807, 2.05) is 0 Å². The molecule has 2 bridgehead atoms. The summed E-state index contributed by atoms with van der Waals surface area (Å²) in [5.74, 6) is -1.09. The Bertz CT molecular complexity index is 551. The van der Waals surface area contributed by atoms with Crippen molar-refractivity contribution in [1.29, 1.82) is 0 Å². The van der Waals surface area contributed by atoms with E-state index in [0.717, 1.165) is 45.1 Å². The molecule has 2 saturated carbocycles. The summed E-state index contributed by atoms with van der Waals surface area (Å²) in [4.78, 5) is 15.8. The Morgan fingerprint density at radius 3 is 2.31 bits per heavy atom. The van der Waals surface area contributed by atoms with Crippen LogP contribution in [0.4, 0.5) is 8.78 Å². The van der Waals surface area contributed by atoms with Gasteiger partial charge in [0.05, 0.1) is 12.6 Å². The van der Waals surface area contributed by atoms with E-state index in [0.29, 0.717) is 37.8 Å². The van der Waals surface area contributed by atoms with Gasteiger partial charge in [-0.25, -0.2) is 8.78 Å². The van der Waals surface area contributed by atoms with Gasteiger partial charge < -0.3 is 10.1 Å². The van der Waals surface area contributed by atoms with E-state index in [1.165, 1.54) is 19.3 Å². The van der Waals surface area contributed by atoms with Gasteiger partial charge in [-0.3, -0.25) is 9.69 Å². The summed E-state index contributed by atoms with van der Waals surface area (Å²) in [6, 6.07) is 0.562. The number of methoxy groups -OCH3 is 1. The fourth-order valence-corrected chi connectivity index (χ4v) is 6.98. The van der Waals surface area contributed by atoms with Crippen LogP contribution in [0.5, 0.6) is 0 Å². The lowest BCUT2D eigenvalue weighted by Gasteiger charge is -2.47. The van der Waals surface area contributed by atoms with Gasteiger partial charge in [0.15, 0.2) is 0 Å². The Morgan fingerprint density at radius 2 is 1.69 bits per heavy atom. The Balaban J connectivity index is 1.57. The number of amides is 1. The van der Waals surface area contributed by atoms with Crippen LogP contribution in [0.15, 0.2) is 0 Å². The maximum absolute atomic E-state index is 14.5. The minimum atomic E-state index is -1.35. The smallest absolute Gasteiger partial charge is 0.229 e. The van der Waals surface area contributed by atoms with Crippen LogP contribution >= 0.6 is 0 Å². The van der Waals surface area contributed by atoms with Gasteiger partial charge in [-0.2, -0.15) is 0 Å². The lowest BCUT2D eigenvalue weighted by atomic mass is 9.71. The maximum atomic E-state index is 14.5. The van der Waals surface area contributed by atoms with Crippen LogP contribution in [-0.4, -0.2) is 61.0 Å². The number of nitrogens with zero attached hydrogens (tertiary/aromatic N) is 1. The molecule has 0 radical (unpaired) electrons. The van der Waals surface area contributed by atoms with Gasteiger partial charge in [-0.05, 0) is 63.7 Å². The average molecular weight is 413 g/mol. The molecule has 4 nitrogen and oxygen atoms in total. The first kappa shape index (κ1) is 21.5. The number of nitrogens with one attached hydrogen (secondary N) is 1. The second-order valence-corrected chi connectivity index (χ2v) is 9.89. The summed E-state index contributed by atoms with van der Waals surface area (Å²) in [5.41, 5.74) is -0.0624. The lowest BCUT2D eigenvalue weighted by molar-refractivity contribution is -0.134. The Labute approximate surface area is 174 Å². The number of rotatable bonds is 7. The van der Waals surface area contributed by atoms with Crippen molar-refractivity contribution >= 4 is 5.91 Å². The quantitative estimate of drug-likeness (QED) is 0.682. The zero-order chi connectivity index (χ0) is 20.4. The molecule has 1 N–H and O–H groups in total. The molecule has 3 unspecified atom stereocenters. The van der Waals surface area contributed by atoms with Crippen molar-refractivity contribution in [2.75, 3.05) is 20.3 Å². The van der Waals surface area contributed by atoms with Crippen LogP contribution in [0.25, 0.3) is 0 Å². The van der Waals surface area contributed by atoms with Crippen molar-refractivity contribution in [1.82, 2.24) is 10.2 Å². The van der Waals surface area contributed by atoms with Crippen molar-refractivity contribution in [3.63, 3.8) is 0 Å². The zero-order valence-electron chi connectivity index (χ0n) is 17.9. The van der Waals surface area contributed by atoms with Gasteiger partial charge in [0.25, 0.3) is 0 Å². The third-order valence-corrected chi connectivity index (χ3v) is 8.41. The monoisotopic (exact) mass is 412 g/mol. The van der Waals surface area contributed by atoms with Crippen LogP contribution in [0.2, 0.25) is 0 Å². The molecule has 29 heavy (non-hydrogen) atoms. The number of carbonyl (C=O) groups is 1. The topological polar surface area (TPSA) is 41.6 Å². The average Bonchev–Trinajstić information content (AvgIpc) is 3.26. The predicted octanol–water partition coefficient (Wildman–Crippen LogP) is 4.17. The molecule has 4 fully saturated rings. The SMILES string of the molecule is COCCN1C2CCC1(C(NC(=O)C1C(F)CCCC1F)C1CCCCC1)CC2. The molecule has 1 amide bonds.